The summed E-state index contributed by atoms with van der Waals surface area (Å²) >= 11 is 0. The summed E-state index contributed by atoms with van der Waals surface area (Å²) in [6.07, 6.45) is 1.01. The van der Waals surface area contributed by atoms with E-state index in [0.717, 1.165) is 18.4 Å². The van der Waals surface area contributed by atoms with Crippen molar-refractivity contribution in [3.05, 3.63) is 23.8 Å². The summed E-state index contributed by atoms with van der Waals surface area (Å²) in [5.74, 6) is 0.642. The Morgan fingerprint density at radius 1 is 1.28 bits per heavy atom. The van der Waals surface area contributed by atoms with Crippen LogP contribution in [0, 0.1) is 0 Å². The topological polar surface area (TPSA) is 69.2 Å². The van der Waals surface area contributed by atoms with Gasteiger partial charge in [-0.15, -0.1) is 0 Å². The molecule has 0 saturated carbocycles. The molecular weight excluding hydrogens is 254 g/mol. The standard InChI is InChI=1S/C12H19NO4S/c1-9(2)13-8-10-5-6-11(16-3)12(7-10)17-18(4,14)15/h5-7,9,13H,8H2,1-4H3/p+1. The van der Waals surface area contributed by atoms with E-state index < -0.39 is 10.1 Å². The third-order valence-corrected chi connectivity index (χ3v) is 2.78. The normalized spacial score (nSPS) is 11.6. The third-order valence-electron chi connectivity index (χ3n) is 2.29. The molecule has 0 unspecified atom stereocenters. The van der Waals surface area contributed by atoms with Crippen LogP contribution in [0.5, 0.6) is 11.5 Å². The van der Waals surface area contributed by atoms with Crippen LogP contribution >= 0.6 is 0 Å². The van der Waals surface area contributed by atoms with Gasteiger partial charge in [-0.3, -0.25) is 0 Å². The largest absolute Gasteiger partial charge is 0.493 e. The molecule has 0 aliphatic heterocycles. The highest BCUT2D eigenvalue weighted by molar-refractivity contribution is 7.86. The van der Waals surface area contributed by atoms with Crippen molar-refractivity contribution in [2.75, 3.05) is 13.4 Å². The maximum absolute atomic E-state index is 11.2. The predicted octanol–water partition coefficient (Wildman–Crippen LogP) is 0.505. The van der Waals surface area contributed by atoms with Crippen molar-refractivity contribution < 1.29 is 22.7 Å². The zero-order valence-corrected chi connectivity index (χ0v) is 12.0. The van der Waals surface area contributed by atoms with Crippen LogP contribution in [0.3, 0.4) is 0 Å². The van der Waals surface area contributed by atoms with E-state index in [1.807, 2.05) is 6.07 Å². The van der Waals surface area contributed by atoms with E-state index in [-0.39, 0.29) is 5.75 Å². The monoisotopic (exact) mass is 274 g/mol. The SMILES string of the molecule is COc1ccc(C[NH2+]C(C)C)cc1OS(C)(=O)=O. The summed E-state index contributed by atoms with van der Waals surface area (Å²) in [5.41, 5.74) is 0.989. The number of rotatable bonds is 6. The van der Waals surface area contributed by atoms with Gasteiger partial charge in [0.1, 0.15) is 6.54 Å². The van der Waals surface area contributed by atoms with Gasteiger partial charge in [-0.05, 0) is 32.0 Å². The van der Waals surface area contributed by atoms with Gasteiger partial charge in [0.2, 0.25) is 0 Å². The molecule has 2 N–H and O–H groups in total. The van der Waals surface area contributed by atoms with Gasteiger partial charge >= 0.3 is 10.1 Å². The van der Waals surface area contributed by atoms with Crippen LogP contribution in [0.15, 0.2) is 18.2 Å². The lowest BCUT2D eigenvalue weighted by Crippen LogP contribution is -2.86. The molecule has 0 aromatic heterocycles. The highest BCUT2D eigenvalue weighted by atomic mass is 32.2. The summed E-state index contributed by atoms with van der Waals surface area (Å²) in [7, 11) is -2.07. The molecule has 102 valence electrons. The molecule has 0 aliphatic carbocycles. The first-order chi connectivity index (χ1) is 8.31. The van der Waals surface area contributed by atoms with Gasteiger partial charge in [-0.1, -0.05) is 0 Å². The molecule has 5 nitrogen and oxygen atoms in total. The Labute approximate surface area is 108 Å². The lowest BCUT2D eigenvalue weighted by molar-refractivity contribution is -0.698. The summed E-state index contributed by atoms with van der Waals surface area (Å²) < 4.78 is 32.3. The second-order valence-corrected chi connectivity index (χ2v) is 6.03. The molecule has 0 saturated heterocycles. The molecule has 1 aromatic rings. The number of methoxy groups -OCH3 is 1. The molecule has 0 fully saturated rings. The van der Waals surface area contributed by atoms with Gasteiger partial charge in [0, 0.05) is 5.56 Å². The average molecular weight is 274 g/mol. The summed E-state index contributed by atoms with van der Waals surface area (Å²) in [6.45, 7) is 4.96. The molecule has 0 radical (unpaired) electrons. The average Bonchev–Trinajstić information content (AvgIpc) is 2.24. The molecular formula is C12H20NO4S+. The van der Waals surface area contributed by atoms with Crippen molar-refractivity contribution in [2.24, 2.45) is 0 Å². The highest BCUT2D eigenvalue weighted by Crippen LogP contribution is 2.28. The number of nitrogens with two attached hydrogens (primary N) is 1. The van der Waals surface area contributed by atoms with Gasteiger partial charge in [0.15, 0.2) is 11.5 Å². The molecule has 1 rings (SSSR count). The first-order valence-electron chi connectivity index (χ1n) is 5.71. The zero-order chi connectivity index (χ0) is 13.8. The van der Waals surface area contributed by atoms with E-state index in [2.05, 4.69) is 19.2 Å². The summed E-state index contributed by atoms with van der Waals surface area (Å²) in [6, 6.07) is 5.78. The molecule has 0 atom stereocenters. The molecule has 0 bridgehead atoms. The van der Waals surface area contributed by atoms with Crippen LogP contribution in [0.1, 0.15) is 19.4 Å². The van der Waals surface area contributed by atoms with Gasteiger partial charge < -0.3 is 14.2 Å². The van der Waals surface area contributed by atoms with Crippen LogP contribution in [-0.4, -0.2) is 27.8 Å². The molecule has 0 amide bonds. The molecule has 18 heavy (non-hydrogen) atoms. The maximum Gasteiger partial charge on any atom is 0.306 e. The Morgan fingerprint density at radius 3 is 2.44 bits per heavy atom. The van der Waals surface area contributed by atoms with E-state index in [0.29, 0.717) is 11.8 Å². The van der Waals surface area contributed by atoms with Gasteiger partial charge in [-0.25, -0.2) is 0 Å². The third kappa shape index (κ3) is 4.93. The Kier molecular flexibility index (Phi) is 4.98. The van der Waals surface area contributed by atoms with Crippen LogP contribution in [0.4, 0.5) is 0 Å². The Bertz CT molecular complexity index is 497. The fraction of sp³-hybridized carbons (Fsp3) is 0.500. The quantitative estimate of drug-likeness (QED) is 0.767. The molecule has 0 heterocycles. The fourth-order valence-corrected chi connectivity index (χ4v) is 1.90. The van der Waals surface area contributed by atoms with Gasteiger partial charge in [-0.2, -0.15) is 8.42 Å². The highest BCUT2D eigenvalue weighted by Gasteiger charge is 2.12. The number of benzene rings is 1. The molecule has 1 aromatic carbocycles. The molecule has 0 aliphatic rings. The van der Waals surface area contributed by atoms with E-state index in [1.54, 1.807) is 12.1 Å². The van der Waals surface area contributed by atoms with Crippen molar-refractivity contribution in [1.82, 2.24) is 0 Å². The summed E-state index contributed by atoms with van der Waals surface area (Å²) in [5, 5.41) is 2.14. The first kappa shape index (κ1) is 14.8. The van der Waals surface area contributed by atoms with E-state index in [4.69, 9.17) is 8.92 Å². The number of hydrogen-bond acceptors (Lipinski definition) is 4. The van der Waals surface area contributed by atoms with Crippen molar-refractivity contribution in [1.29, 1.82) is 0 Å². The predicted molar refractivity (Wildman–Crippen MR) is 69.2 cm³/mol. The van der Waals surface area contributed by atoms with Crippen molar-refractivity contribution in [3.8, 4) is 11.5 Å². The number of quaternary nitrogens is 1. The molecule has 0 spiro atoms. The van der Waals surface area contributed by atoms with E-state index >= 15 is 0 Å². The smallest absolute Gasteiger partial charge is 0.306 e. The first-order valence-corrected chi connectivity index (χ1v) is 7.53. The Morgan fingerprint density at radius 2 is 1.94 bits per heavy atom. The van der Waals surface area contributed by atoms with Gasteiger partial charge in [0.05, 0.1) is 19.4 Å². The minimum absolute atomic E-state index is 0.231. The Hall–Kier alpha value is -1.27. The van der Waals surface area contributed by atoms with E-state index in [9.17, 15) is 8.42 Å². The maximum atomic E-state index is 11.2. The van der Waals surface area contributed by atoms with Gasteiger partial charge in [0.25, 0.3) is 0 Å². The lowest BCUT2D eigenvalue weighted by Gasteiger charge is -2.11. The number of ether oxygens (including phenoxy) is 1. The number of hydrogen-bond donors (Lipinski definition) is 1. The van der Waals surface area contributed by atoms with Crippen LogP contribution < -0.4 is 14.2 Å². The second kappa shape index (κ2) is 6.06. The van der Waals surface area contributed by atoms with E-state index in [1.165, 1.54) is 7.11 Å². The fourth-order valence-electron chi connectivity index (χ4n) is 1.45. The van der Waals surface area contributed by atoms with Crippen LogP contribution in [-0.2, 0) is 16.7 Å². The van der Waals surface area contributed by atoms with Crippen molar-refractivity contribution in [2.45, 2.75) is 26.4 Å². The zero-order valence-electron chi connectivity index (χ0n) is 11.1. The Balaban J connectivity index is 2.94. The van der Waals surface area contributed by atoms with Crippen LogP contribution in [0.2, 0.25) is 0 Å². The summed E-state index contributed by atoms with van der Waals surface area (Å²) in [4.78, 5) is 0. The van der Waals surface area contributed by atoms with Crippen molar-refractivity contribution in [3.63, 3.8) is 0 Å². The minimum Gasteiger partial charge on any atom is -0.493 e. The minimum atomic E-state index is -3.55. The second-order valence-electron chi connectivity index (χ2n) is 4.46. The van der Waals surface area contributed by atoms with Crippen LogP contribution in [0.25, 0.3) is 0 Å². The lowest BCUT2D eigenvalue weighted by atomic mass is 10.2. The van der Waals surface area contributed by atoms with Crippen molar-refractivity contribution >= 4 is 10.1 Å². The molecule has 6 heteroatoms.